The quantitative estimate of drug-likeness (QED) is 0.467. The predicted octanol–water partition coefficient (Wildman–Crippen LogP) is 5.06. The lowest BCUT2D eigenvalue weighted by Gasteiger charge is -2.27. The SMILES string of the molecule is Oc1ccc(C2=CN(c3ccc(O)cc3O)SC(c3ccc(O)cc3)=C2)cc1. The summed E-state index contributed by atoms with van der Waals surface area (Å²) in [6, 6.07) is 18.2. The molecule has 28 heavy (non-hydrogen) atoms. The zero-order chi connectivity index (χ0) is 19.7. The van der Waals surface area contributed by atoms with Crippen LogP contribution in [0.1, 0.15) is 11.1 Å². The zero-order valence-corrected chi connectivity index (χ0v) is 15.5. The highest BCUT2D eigenvalue weighted by molar-refractivity contribution is 8.09. The number of anilines is 1. The minimum atomic E-state index is -0.0410. The van der Waals surface area contributed by atoms with E-state index in [4.69, 9.17) is 0 Å². The van der Waals surface area contributed by atoms with Crippen LogP contribution in [0.5, 0.6) is 23.0 Å². The van der Waals surface area contributed by atoms with Crippen molar-refractivity contribution in [1.29, 1.82) is 0 Å². The van der Waals surface area contributed by atoms with Gasteiger partial charge in [0.2, 0.25) is 0 Å². The molecule has 1 aliphatic rings. The summed E-state index contributed by atoms with van der Waals surface area (Å²) >= 11 is 1.41. The number of hydrogen-bond acceptors (Lipinski definition) is 6. The molecule has 0 amide bonds. The molecule has 0 saturated carbocycles. The van der Waals surface area contributed by atoms with Gasteiger partial charge in [-0.05, 0) is 65.5 Å². The number of aromatic hydroxyl groups is 4. The first kappa shape index (κ1) is 17.9. The van der Waals surface area contributed by atoms with Gasteiger partial charge < -0.3 is 20.4 Å². The normalized spacial score (nSPS) is 13.8. The Morgan fingerprint density at radius 3 is 1.82 bits per heavy atom. The molecule has 5 nitrogen and oxygen atoms in total. The van der Waals surface area contributed by atoms with E-state index in [-0.39, 0.29) is 23.0 Å². The molecule has 0 radical (unpaired) electrons. The van der Waals surface area contributed by atoms with Gasteiger partial charge in [-0.3, -0.25) is 4.31 Å². The molecule has 1 heterocycles. The van der Waals surface area contributed by atoms with E-state index in [0.29, 0.717) is 5.69 Å². The minimum Gasteiger partial charge on any atom is -0.508 e. The number of hydrogen-bond donors (Lipinski definition) is 4. The fraction of sp³-hybridized carbons (Fsp3) is 0. The number of nitrogens with zero attached hydrogens (tertiary/aromatic N) is 1. The van der Waals surface area contributed by atoms with Crippen molar-refractivity contribution in [3.8, 4) is 23.0 Å². The van der Waals surface area contributed by atoms with Crippen LogP contribution in [0.15, 0.2) is 79.0 Å². The Labute approximate surface area is 166 Å². The van der Waals surface area contributed by atoms with Gasteiger partial charge in [-0.15, -0.1) is 0 Å². The Morgan fingerprint density at radius 1 is 0.643 bits per heavy atom. The summed E-state index contributed by atoms with van der Waals surface area (Å²) in [5.74, 6) is 0.318. The maximum atomic E-state index is 10.3. The third kappa shape index (κ3) is 3.63. The van der Waals surface area contributed by atoms with Crippen molar-refractivity contribution in [3.05, 3.63) is 90.1 Å². The summed E-state index contributed by atoms with van der Waals surface area (Å²) in [7, 11) is 0. The van der Waals surface area contributed by atoms with Crippen LogP contribution < -0.4 is 4.31 Å². The van der Waals surface area contributed by atoms with Crippen molar-refractivity contribution in [3.63, 3.8) is 0 Å². The molecule has 3 aromatic carbocycles. The highest BCUT2D eigenvalue weighted by atomic mass is 32.2. The molecule has 0 fully saturated rings. The predicted molar refractivity (Wildman–Crippen MR) is 112 cm³/mol. The number of rotatable bonds is 3. The van der Waals surface area contributed by atoms with E-state index in [2.05, 4.69) is 0 Å². The summed E-state index contributed by atoms with van der Waals surface area (Å²) < 4.78 is 1.82. The second kappa shape index (κ2) is 7.25. The molecule has 0 spiro atoms. The number of phenolic OH excluding ortho intramolecular Hbond substituents is 4. The maximum absolute atomic E-state index is 10.3. The topological polar surface area (TPSA) is 84.2 Å². The van der Waals surface area contributed by atoms with E-state index >= 15 is 0 Å². The molecule has 0 aliphatic carbocycles. The van der Waals surface area contributed by atoms with E-state index in [0.717, 1.165) is 21.6 Å². The fourth-order valence-corrected chi connectivity index (χ4v) is 3.91. The summed E-state index contributed by atoms with van der Waals surface area (Å²) in [5, 5.41) is 39.0. The van der Waals surface area contributed by atoms with Crippen molar-refractivity contribution in [2.24, 2.45) is 0 Å². The first-order valence-electron chi connectivity index (χ1n) is 8.51. The molecule has 0 atom stereocenters. The summed E-state index contributed by atoms with van der Waals surface area (Å²) in [5.41, 5.74) is 3.23. The molecule has 0 aromatic heterocycles. The van der Waals surface area contributed by atoms with Crippen molar-refractivity contribution in [1.82, 2.24) is 0 Å². The van der Waals surface area contributed by atoms with Gasteiger partial charge >= 0.3 is 0 Å². The number of allylic oxidation sites excluding steroid dienone is 2. The van der Waals surface area contributed by atoms with Gasteiger partial charge in [-0.2, -0.15) is 0 Å². The number of phenols is 4. The van der Waals surface area contributed by atoms with Gasteiger partial charge in [-0.1, -0.05) is 24.3 Å². The lowest BCUT2D eigenvalue weighted by atomic mass is 10.0. The van der Waals surface area contributed by atoms with Crippen molar-refractivity contribution in [2.45, 2.75) is 0 Å². The van der Waals surface area contributed by atoms with Crippen LogP contribution in [0.25, 0.3) is 10.5 Å². The van der Waals surface area contributed by atoms with Crippen LogP contribution in [0, 0.1) is 0 Å². The molecule has 140 valence electrons. The van der Waals surface area contributed by atoms with Gasteiger partial charge in [-0.25, -0.2) is 0 Å². The second-order valence-corrected chi connectivity index (χ2v) is 7.29. The highest BCUT2D eigenvalue weighted by Gasteiger charge is 2.20. The summed E-state index contributed by atoms with van der Waals surface area (Å²) in [6.07, 6.45) is 3.89. The van der Waals surface area contributed by atoms with E-state index in [1.165, 1.54) is 24.1 Å². The van der Waals surface area contributed by atoms with Crippen molar-refractivity contribution < 1.29 is 20.4 Å². The summed E-state index contributed by atoms with van der Waals surface area (Å²) in [4.78, 5) is 0.915. The van der Waals surface area contributed by atoms with Gasteiger partial charge in [0.05, 0.1) is 5.69 Å². The molecule has 6 heteroatoms. The fourth-order valence-electron chi connectivity index (χ4n) is 2.85. The molecule has 4 N–H and O–H groups in total. The van der Waals surface area contributed by atoms with Gasteiger partial charge in [0, 0.05) is 22.7 Å². The zero-order valence-electron chi connectivity index (χ0n) is 14.6. The molecular formula is C22H17NO4S. The Bertz CT molecular complexity index is 1070. The van der Waals surface area contributed by atoms with E-state index in [1.807, 2.05) is 40.8 Å². The monoisotopic (exact) mass is 391 g/mol. The Kier molecular flexibility index (Phi) is 4.63. The molecular weight excluding hydrogens is 374 g/mol. The molecule has 0 unspecified atom stereocenters. The maximum Gasteiger partial charge on any atom is 0.143 e. The second-order valence-electron chi connectivity index (χ2n) is 6.28. The standard InChI is InChI=1S/C22H17NO4S/c24-17-5-1-14(2-6-17)16-11-22(15-3-7-18(25)8-4-15)28-23(13-16)20-10-9-19(26)12-21(20)27/h1-13,24-27H. The van der Waals surface area contributed by atoms with Crippen LogP contribution in [0.2, 0.25) is 0 Å². The van der Waals surface area contributed by atoms with Crippen LogP contribution in [0.3, 0.4) is 0 Å². The van der Waals surface area contributed by atoms with E-state index in [1.54, 1.807) is 30.3 Å². The average Bonchev–Trinajstić information content (AvgIpc) is 2.69. The minimum absolute atomic E-state index is 0.0136. The van der Waals surface area contributed by atoms with E-state index in [9.17, 15) is 20.4 Å². The average molecular weight is 391 g/mol. The first-order chi connectivity index (χ1) is 13.5. The van der Waals surface area contributed by atoms with Crippen LogP contribution in [0.4, 0.5) is 5.69 Å². The van der Waals surface area contributed by atoms with Gasteiger partial charge in [0.25, 0.3) is 0 Å². The molecule has 3 aromatic rings. The van der Waals surface area contributed by atoms with Crippen LogP contribution in [-0.2, 0) is 0 Å². The highest BCUT2D eigenvalue weighted by Crippen LogP contribution is 2.44. The van der Waals surface area contributed by atoms with Gasteiger partial charge in [0.1, 0.15) is 23.0 Å². The third-order valence-electron chi connectivity index (χ3n) is 4.29. The third-order valence-corrected chi connectivity index (χ3v) is 5.34. The van der Waals surface area contributed by atoms with Crippen molar-refractivity contribution in [2.75, 3.05) is 4.31 Å². The van der Waals surface area contributed by atoms with Crippen LogP contribution in [-0.4, -0.2) is 20.4 Å². The lowest BCUT2D eigenvalue weighted by molar-refractivity contribution is 0.451. The summed E-state index contributed by atoms with van der Waals surface area (Å²) in [6.45, 7) is 0. The van der Waals surface area contributed by atoms with Crippen LogP contribution >= 0.6 is 11.9 Å². The molecule has 0 saturated heterocycles. The van der Waals surface area contributed by atoms with Gasteiger partial charge in [0.15, 0.2) is 0 Å². The Balaban J connectivity index is 1.80. The largest absolute Gasteiger partial charge is 0.508 e. The number of benzene rings is 3. The van der Waals surface area contributed by atoms with E-state index < -0.39 is 0 Å². The van der Waals surface area contributed by atoms with Crippen molar-refractivity contribution >= 4 is 28.1 Å². The molecule has 1 aliphatic heterocycles. The molecule has 4 rings (SSSR count). The smallest absolute Gasteiger partial charge is 0.143 e. The first-order valence-corrected chi connectivity index (χ1v) is 9.28. The Morgan fingerprint density at radius 2 is 1.21 bits per heavy atom. The molecule has 0 bridgehead atoms. The lowest BCUT2D eigenvalue weighted by Crippen LogP contribution is -2.10. The Hall–Kier alpha value is -3.51.